The molecule has 46 valence electrons. The van der Waals surface area contributed by atoms with E-state index in [9.17, 15) is 0 Å². The molecule has 8 heavy (non-hydrogen) atoms. The summed E-state index contributed by atoms with van der Waals surface area (Å²) in [4.78, 5) is 0. The molecule has 1 fully saturated rings. The molecular formula is C4H7NO2S. The lowest BCUT2D eigenvalue weighted by molar-refractivity contribution is 0.226. The van der Waals surface area contributed by atoms with Crippen molar-refractivity contribution in [3.05, 3.63) is 0 Å². The summed E-state index contributed by atoms with van der Waals surface area (Å²) in [5.41, 5.74) is 0. The Morgan fingerprint density at radius 1 is 2.00 bits per heavy atom. The van der Waals surface area contributed by atoms with Gasteiger partial charge in [-0.05, 0) is 12.1 Å². The number of rotatable bonds is 0. The summed E-state index contributed by atoms with van der Waals surface area (Å²) in [6.45, 7) is 1.94. The third-order valence-corrected chi connectivity index (χ3v) is 1.89. The van der Waals surface area contributed by atoms with Crippen LogP contribution in [0.1, 0.15) is 6.92 Å². The van der Waals surface area contributed by atoms with Crippen molar-refractivity contribution in [1.82, 2.24) is 0 Å². The molecule has 0 aromatic rings. The molecule has 0 spiro atoms. The normalized spacial score (nSPS) is 33.1. The van der Waals surface area contributed by atoms with Gasteiger partial charge in [0.1, 0.15) is 6.10 Å². The second kappa shape index (κ2) is 2.26. The minimum absolute atomic E-state index is 0.200. The van der Waals surface area contributed by atoms with Crippen LogP contribution >= 0.6 is 11.8 Å². The molecule has 0 aliphatic carbocycles. The largest absolute Gasteiger partial charge is 0.467 e. The first kappa shape index (κ1) is 5.75. The molecule has 1 heterocycles. The van der Waals surface area contributed by atoms with Gasteiger partial charge in [0.15, 0.2) is 0 Å². The van der Waals surface area contributed by atoms with Crippen molar-refractivity contribution >= 4 is 17.0 Å². The SMILES string of the molecule is CC1CS/C(=N/O)O1. The van der Waals surface area contributed by atoms with Crippen LogP contribution in [0.5, 0.6) is 0 Å². The second-order valence-corrected chi connectivity index (χ2v) is 2.58. The highest BCUT2D eigenvalue weighted by Crippen LogP contribution is 2.18. The molecule has 4 heteroatoms. The van der Waals surface area contributed by atoms with E-state index in [1.807, 2.05) is 6.92 Å². The second-order valence-electron chi connectivity index (χ2n) is 1.61. The average Bonchev–Trinajstić information content (AvgIpc) is 2.14. The lowest BCUT2D eigenvalue weighted by Crippen LogP contribution is -2.02. The summed E-state index contributed by atoms with van der Waals surface area (Å²) in [6.07, 6.45) is 0.200. The predicted octanol–water partition coefficient (Wildman–Crippen LogP) is 0.883. The molecular weight excluding hydrogens is 126 g/mol. The maximum Gasteiger partial charge on any atom is 0.286 e. The van der Waals surface area contributed by atoms with Crippen molar-refractivity contribution in [2.45, 2.75) is 13.0 Å². The number of hydrogen-bond donors (Lipinski definition) is 1. The topological polar surface area (TPSA) is 41.8 Å². The summed E-state index contributed by atoms with van der Waals surface area (Å²) < 4.78 is 4.97. The fraction of sp³-hybridized carbons (Fsp3) is 0.750. The number of ether oxygens (including phenoxy) is 1. The van der Waals surface area contributed by atoms with Gasteiger partial charge in [0.05, 0.1) is 0 Å². The molecule has 3 nitrogen and oxygen atoms in total. The van der Waals surface area contributed by atoms with Crippen LogP contribution in [0.25, 0.3) is 0 Å². The summed E-state index contributed by atoms with van der Waals surface area (Å²) in [6, 6.07) is 0. The van der Waals surface area contributed by atoms with Gasteiger partial charge in [-0.2, -0.15) is 0 Å². The minimum atomic E-state index is 0.200. The van der Waals surface area contributed by atoms with Crippen LogP contribution < -0.4 is 0 Å². The van der Waals surface area contributed by atoms with Gasteiger partial charge >= 0.3 is 0 Å². The molecule has 0 bridgehead atoms. The molecule has 0 aromatic heterocycles. The van der Waals surface area contributed by atoms with Crippen LogP contribution in [0.15, 0.2) is 5.16 Å². The van der Waals surface area contributed by atoms with Crippen molar-refractivity contribution < 1.29 is 9.94 Å². The van der Waals surface area contributed by atoms with Crippen LogP contribution in [0.4, 0.5) is 0 Å². The summed E-state index contributed by atoms with van der Waals surface area (Å²) >= 11 is 1.43. The zero-order valence-corrected chi connectivity index (χ0v) is 5.31. The third kappa shape index (κ3) is 1.06. The van der Waals surface area contributed by atoms with Crippen molar-refractivity contribution in [3.63, 3.8) is 0 Å². The molecule has 0 radical (unpaired) electrons. The van der Waals surface area contributed by atoms with Crippen LogP contribution in [-0.4, -0.2) is 22.3 Å². The first-order valence-electron chi connectivity index (χ1n) is 2.34. The highest BCUT2D eigenvalue weighted by atomic mass is 32.2. The van der Waals surface area contributed by atoms with E-state index in [2.05, 4.69) is 5.16 Å². The minimum Gasteiger partial charge on any atom is -0.467 e. The van der Waals surface area contributed by atoms with E-state index in [0.29, 0.717) is 5.23 Å². The van der Waals surface area contributed by atoms with Crippen molar-refractivity contribution in [3.8, 4) is 0 Å². The molecule has 1 saturated heterocycles. The van der Waals surface area contributed by atoms with Crippen molar-refractivity contribution in [1.29, 1.82) is 0 Å². The van der Waals surface area contributed by atoms with Crippen LogP contribution in [0.2, 0.25) is 0 Å². The van der Waals surface area contributed by atoms with Crippen LogP contribution in [0, 0.1) is 0 Å². The van der Waals surface area contributed by atoms with Gasteiger partial charge in [-0.25, -0.2) is 0 Å². The average molecular weight is 133 g/mol. The quantitative estimate of drug-likeness (QED) is 0.394. The standard InChI is InChI=1S/C4H7NO2S/c1-3-2-8-4(5-6)7-3/h3,6H,2H2,1H3/b5-4+. The molecule has 1 atom stereocenters. The highest BCUT2D eigenvalue weighted by molar-refractivity contribution is 8.13. The van der Waals surface area contributed by atoms with E-state index in [0.717, 1.165) is 5.75 Å². The van der Waals surface area contributed by atoms with Crippen LogP contribution in [0.3, 0.4) is 0 Å². The predicted molar refractivity (Wildman–Crippen MR) is 32.2 cm³/mol. The maximum atomic E-state index is 8.13. The maximum absolute atomic E-state index is 8.13. The Bertz CT molecular complexity index is 115. The number of oxime groups is 1. The zero-order valence-electron chi connectivity index (χ0n) is 4.50. The Balaban J connectivity index is 2.44. The monoisotopic (exact) mass is 133 g/mol. The number of thioether (sulfide) groups is 1. The van der Waals surface area contributed by atoms with Gasteiger partial charge in [-0.1, -0.05) is 11.8 Å². The Labute approximate surface area is 51.7 Å². The van der Waals surface area contributed by atoms with E-state index >= 15 is 0 Å². The highest BCUT2D eigenvalue weighted by Gasteiger charge is 2.17. The van der Waals surface area contributed by atoms with Crippen molar-refractivity contribution in [2.24, 2.45) is 5.16 Å². The van der Waals surface area contributed by atoms with Gasteiger partial charge in [0.2, 0.25) is 0 Å². The fourth-order valence-corrected chi connectivity index (χ4v) is 1.22. The van der Waals surface area contributed by atoms with E-state index in [1.165, 1.54) is 11.8 Å². The molecule has 1 N–H and O–H groups in total. The first-order valence-corrected chi connectivity index (χ1v) is 3.33. The van der Waals surface area contributed by atoms with Gasteiger partial charge in [-0.3, -0.25) is 0 Å². The first-order chi connectivity index (χ1) is 3.83. The summed E-state index contributed by atoms with van der Waals surface area (Å²) in [5.74, 6) is 0.888. The third-order valence-electron chi connectivity index (χ3n) is 0.825. The summed E-state index contributed by atoms with van der Waals surface area (Å²) in [5, 5.41) is 11.4. The van der Waals surface area contributed by atoms with E-state index in [4.69, 9.17) is 9.94 Å². The summed E-state index contributed by atoms with van der Waals surface area (Å²) in [7, 11) is 0. The molecule has 1 aliphatic rings. The molecule has 1 unspecified atom stereocenters. The van der Waals surface area contributed by atoms with Gasteiger partial charge in [0.25, 0.3) is 5.23 Å². The lowest BCUT2D eigenvalue weighted by atomic mass is 10.5. The van der Waals surface area contributed by atoms with Gasteiger partial charge < -0.3 is 9.94 Å². The van der Waals surface area contributed by atoms with Crippen molar-refractivity contribution in [2.75, 3.05) is 5.75 Å². The fourth-order valence-electron chi connectivity index (χ4n) is 0.481. The molecule has 0 saturated carbocycles. The molecule has 0 amide bonds. The molecule has 1 rings (SSSR count). The molecule has 1 aliphatic heterocycles. The van der Waals surface area contributed by atoms with E-state index < -0.39 is 0 Å². The van der Waals surface area contributed by atoms with Crippen LogP contribution in [-0.2, 0) is 4.74 Å². The van der Waals surface area contributed by atoms with E-state index in [-0.39, 0.29) is 6.10 Å². The Kier molecular flexibility index (Phi) is 1.62. The lowest BCUT2D eigenvalue weighted by Gasteiger charge is -1.96. The molecule has 0 aromatic carbocycles. The number of hydrogen-bond acceptors (Lipinski definition) is 4. The smallest absolute Gasteiger partial charge is 0.286 e. The van der Waals surface area contributed by atoms with Gasteiger partial charge in [0, 0.05) is 5.75 Å². The Hall–Kier alpha value is -0.380. The number of nitrogens with zero attached hydrogens (tertiary/aromatic N) is 1. The zero-order chi connectivity index (χ0) is 5.98. The van der Waals surface area contributed by atoms with E-state index in [1.54, 1.807) is 0 Å². The Morgan fingerprint density at radius 2 is 2.75 bits per heavy atom. The Morgan fingerprint density at radius 3 is 3.00 bits per heavy atom. The van der Waals surface area contributed by atoms with Gasteiger partial charge in [-0.15, -0.1) is 0 Å².